The van der Waals surface area contributed by atoms with E-state index < -0.39 is 21.6 Å². The second-order valence-corrected chi connectivity index (χ2v) is 30.4. The number of anilines is 6. The Morgan fingerprint density at radius 2 is 0.597 bits per heavy atom. The zero-order valence-corrected chi connectivity index (χ0v) is 41.3. The first-order valence-corrected chi connectivity index (χ1v) is 30.7. The van der Waals surface area contributed by atoms with Crippen LogP contribution in [0.2, 0.25) is 39.3 Å². The average Bonchev–Trinajstić information content (AvgIpc) is 3.64. The summed E-state index contributed by atoms with van der Waals surface area (Å²) in [6.07, 6.45) is 0. The van der Waals surface area contributed by atoms with Gasteiger partial charge in [0.1, 0.15) is 0 Å². The molecule has 11 rings (SSSR count). The monoisotopic (exact) mass is 896 g/mol. The van der Waals surface area contributed by atoms with Crippen LogP contribution in [0, 0.1) is 0 Å². The molecule has 10 aromatic rings. The molecule has 67 heavy (non-hydrogen) atoms. The predicted octanol–water partition coefficient (Wildman–Crippen LogP) is 16.4. The molecule has 0 amide bonds. The smallest absolute Gasteiger partial charge is 0.0775 e. The van der Waals surface area contributed by atoms with Gasteiger partial charge in [0.25, 0.3) is 0 Å². The van der Waals surface area contributed by atoms with Crippen molar-refractivity contribution in [3.63, 3.8) is 0 Å². The summed E-state index contributed by atoms with van der Waals surface area (Å²) in [5.74, 6) is 0. The third-order valence-electron chi connectivity index (χ3n) is 14.0. The van der Waals surface area contributed by atoms with Gasteiger partial charge in [-0.25, -0.2) is 0 Å². The fraction of sp³-hybridized carbons (Fsp3) is 0.111. The lowest BCUT2D eigenvalue weighted by Crippen LogP contribution is -2.37. The summed E-state index contributed by atoms with van der Waals surface area (Å²) in [6, 6.07) is 86.7. The maximum absolute atomic E-state index is 2.49. The van der Waals surface area contributed by atoms with E-state index in [0.29, 0.717) is 0 Å². The van der Waals surface area contributed by atoms with Crippen molar-refractivity contribution < 1.29 is 0 Å². The molecule has 0 aromatic heterocycles. The highest BCUT2D eigenvalue weighted by Gasteiger charge is 2.47. The van der Waals surface area contributed by atoms with Gasteiger partial charge in [-0.3, -0.25) is 0 Å². The lowest BCUT2D eigenvalue weighted by molar-refractivity contribution is 0.768. The first kappa shape index (κ1) is 42.4. The molecule has 326 valence electrons. The summed E-state index contributed by atoms with van der Waals surface area (Å²) >= 11 is 0. The van der Waals surface area contributed by atoms with E-state index in [9.17, 15) is 0 Å². The Bertz CT molecular complexity index is 3190. The predicted molar refractivity (Wildman–Crippen MR) is 294 cm³/mol. The lowest BCUT2D eigenvalue weighted by Gasteiger charge is -2.36. The first-order chi connectivity index (χ1) is 32.5. The molecule has 4 heteroatoms. The molecule has 0 bridgehead atoms. The lowest BCUT2D eigenvalue weighted by atomic mass is 9.67. The van der Waals surface area contributed by atoms with Crippen LogP contribution < -0.4 is 20.2 Å². The number of hydrogen-bond acceptors (Lipinski definition) is 2. The molecule has 0 spiro atoms. The third-order valence-corrected chi connectivity index (χ3v) is 18.1. The van der Waals surface area contributed by atoms with Gasteiger partial charge in [-0.2, -0.15) is 0 Å². The van der Waals surface area contributed by atoms with Crippen LogP contribution in [0.1, 0.15) is 22.3 Å². The standard InChI is InChI=1S/C63H56N2Si2/c1-66(2,3)57-35-29-51(30-36-57)64(53-27-25-45-17-13-15-19-47(45)41-53)55-33-39-59-60-40-34-56(44-62(60)63(61(59)43-55,49-21-9-7-10-22-49)50-23-11-8-12-24-50)65(52-31-37-58(38-32-52)67(4,5)6)54-28-26-46-18-14-16-20-48(46)42-54/h7-44H,1-6H3. The Balaban J connectivity index is 1.16. The van der Waals surface area contributed by atoms with Gasteiger partial charge >= 0.3 is 0 Å². The van der Waals surface area contributed by atoms with Gasteiger partial charge in [0.2, 0.25) is 0 Å². The third kappa shape index (κ3) is 7.51. The van der Waals surface area contributed by atoms with Crippen molar-refractivity contribution in [3.8, 4) is 11.1 Å². The molecule has 1 aliphatic rings. The van der Waals surface area contributed by atoms with E-state index in [1.807, 2.05) is 0 Å². The van der Waals surface area contributed by atoms with Gasteiger partial charge in [0, 0.05) is 34.1 Å². The Morgan fingerprint density at radius 3 is 0.970 bits per heavy atom. The minimum atomic E-state index is -1.53. The summed E-state index contributed by atoms with van der Waals surface area (Å²) in [5.41, 5.74) is 13.7. The van der Waals surface area contributed by atoms with Crippen LogP contribution in [-0.2, 0) is 5.41 Å². The molecule has 0 aliphatic heterocycles. The normalized spacial score (nSPS) is 13.0. The molecule has 0 N–H and O–H groups in total. The van der Waals surface area contributed by atoms with Gasteiger partial charge in [0.15, 0.2) is 0 Å². The summed E-state index contributed by atoms with van der Waals surface area (Å²) in [7, 11) is -3.06. The maximum atomic E-state index is 2.49. The Hall–Kier alpha value is -7.25. The molecule has 2 nitrogen and oxygen atoms in total. The zero-order chi connectivity index (χ0) is 45.9. The van der Waals surface area contributed by atoms with E-state index in [2.05, 4.69) is 280 Å². The molecular weight excluding hydrogens is 841 g/mol. The van der Waals surface area contributed by atoms with E-state index in [1.54, 1.807) is 0 Å². The van der Waals surface area contributed by atoms with Crippen molar-refractivity contribution in [1.29, 1.82) is 0 Å². The molecule has 10 aromatic carbocycles. The van der Waals surface area contributed by atoms with Gasteiger partial charge in [0.05, 0.1) is 21.6 Å². The summed E-state index contributed by atoms with van der Waals surface area (Å²) in [5, 5.41) is 7.81. The molecule has 1 aliphatic carbocycles. The molecule has 0 saturated heterocycles. The van der Waals surface area contributed by atoms with Gasteiger partial charge in [-0.15, -0.1) is 0 Å². The van der Waals surface area contributed by atoms with Crippen molar-refractivity contribution in [2.45, 2.75) is 44.7 Å². The van der Waals surface area contributed by atoms with E-state index in [0.717, 1.165) is 34.1 Å². The summed E-state index contributed by atoms with van der Waals surface area (Å²) in [6.45, 7) is 14.5. The minimum absolute atomic E-state index is 0.632. The van der Waals surface area contributed by atoms with Gasteiger partial charge < -0.3 is 9.80 Å². The number of rotatable bonds is 10. The largest absolute Gasteiger partial charge is 0.310 e. The molecule has 0 unspecified atom stereocenters. The van der Waals surface area contributed by atoms with Gasteiger partial charge in [-0.1, -0.05) is 207 Å². The fourth-order valence-corrected chi connectivity index (χ4v) is 12.8. The number of hydrogen-bond donors (Lipinski definition) is 0. The molecule has 0 radical (unpaired) electrons. The van der Waals surface area contributed by atoms with Crippen molar-refractivity contribution in [2.24, 2.45) is 0 Å². The quantitative estimate of drug-likeness (QED) is 0.126. The molecule has 0 saturated carbocycles. The van der Waals surface area contributed by atoms with Crippen LogP contribution in [0.3, 0.4) is 0 Å². The second-order valence-electron chi connectivity index (χ2n) is 20.3. The van der Waals surface area contributed by atoms with E-state index in [4.69, 9.17) is 0 Å². The summed E-state index contributed by atoms with van der Waals surface area (Å²) in [4.78, 5) is 4.92. The van der Waals surface area contributed by atoms with E-state index in [1.165, 1.54) is 65.3 Å². The topological polar surface area (TPSA) is 6.48 Å². The minimum Gasteiger partial charge on any atom is -0.310 e. The van der Waals surface area contributed by atoms with Crippen LogP contribution in [0.25, 0.3) is 32.7 Å². The molecule has 0 fully saturated rings. The first-order valence-electron chi connectivity index (χ1n) is 23.7. The number of nitrogens with zero attached hydrogens (tertiary/aromatic N) is 2. The Labute approximate surface area is 398 Å². The number of fused-ring (bicyclic) bond motifs is 5. The van der Waals surface area contributed by atoms with Crippen LogP contribution >= 0.6 is 0 Å². The van der Waals surface area contributed by atoms with Crippen molar-refractivity contribution >= 4 is 82.2 Å². The fourth-order valence-electron chi connectivity index (χ4n) is 10.5. The molecular formula is C63H56N2Si2. The Kier molecular flexibility index (Phi) is 10.5. The van der Waals surface area contributed by atoms with Crippen LogP contribution in [-0.4, -0.2) is 16.1 Å². The molecule has 0 heterocycles. The van der Waals surface area contributed by atoms with Crippen molar-refractivity contribution in [1.82, 2.24) is 0 Å². The highest BCUT2D eigenvalue weighted by atomic mass is 28.3. The van der Waals surface area contributed by atoms with Crippen molar-refractivity contribution in [3.05, 3.63) is 253 Å². The summed E-state index contributed by atoms with van der Waals surface area (Å²) < 4.78 is 0. The highest BCUT2D eigenvalue weighted by Crippen LogP contribution is 2.58. The van der Waals surface area contributed by atoms with Crippen molar-refractivity contribution in [2.75, 3.05) is 9.80 Å². The Morgan fingerprint density at radius 1 is 0.284 bits per heavy atom. The average molecular weight is 897 g/mol. The second kappa shape index (κ2) is 16.6. The van der Waals surface area contributed by atoms with Crippen LogP contribution in [0.5, 0.6) is 0 Å². The van der Waals surface area contributed by atoms with E-state index >= 15 is 0 Å². The van der Waals surface area contributed by atoms with Gasteiger partial charge in [-0.05, 0) is 128 Å². The maximum Gasteiger partial charge on any atom is 0.0775 e. The van der Waals surface area contributed by atoms with E-state index in [-0.39, 0.29) is 0 Å². The zero-order valence-electron chi connectivity index (χ0n) is 39.3. The van der Waals surface area contributed by atoms with Crippen LogP contribution in [0.4, 0.5) is 34.1 Å². The molecule has 0 atom stereocenters. The van der Waals surface area contributed by atoms with Crippen LogP contribution in [0.15, 0.2) is 231 Å². The highest BCUT2D eigenvalue weighted by molar-refractivity contribution is 6.89. The number of benzene rings is 10. The SMILES string of the molecule is C[Si](C)(C)c1ccc(N(c2ccc3c(c2)C(c2ccccc2)(c2ccccc2)c2cc(N(c4ccc([Si](C)(C)C)cc4)c4ccc5ccccc5c4)ccc2-3)c2ccc3ccccc3c2)cc1.